The molecule has 1 unspecified atom stereocenters. The number of amides is 3. The summed E-state index contributed by atoms with van der Waals surface area (Å²) >= 11 is 0. The largest absolute Gasteiger partial charge is 0.341 e. The molecule has 1 atom stereocenters. The minimum absolute atomic E-state index is 0.0643. The summed E-state index contributed by atoms with van der Waals surface area (Å²) in [6.07, 6.45) is 5.37. The molecule has 1 aromatic heterocycles. The Bertz CT molecular complexity index is 1060. The maximum absolute atomic E-state index is 12.9. The molecule has 4 rings (SSSR count). The number of benzene rings is 1. The number of nitrogens with one attached hydrogen (secondary N) is 1. The summed E-state index contributed by atoms with van der Waals surface area (Å²) in [5, 5.41) is 2.98. The molecule has 0 aliphatic carbocycles. The number of piperidine rings is 1. The third-order valence-electron chi connectivity index (χ3n) is 6.77. The first kappa shape index (κ1) is 25.6. The van der Waals surface area contributed by atoms with E-state index < -0.39 is 5.41 Å². The Morgan fingerprint density at radius 3 is 2.25 bits per heavy atom. The van der Waals surface area contributed by atoms with Gasteiger partial charge in [0.05, 0.1) is 12.3 Å². The van der Waals surface area contributed by atoms with E-state index in [0.717, 1.165) is 18.4 Å². The zero-order valence-corrected chi connectivity index (χ0v) is 21.4. The van der Waals surface area contributed by atoms with Gasteiger partial charge in [-0.2, -0.15) is 0 Å². The molecular weight excluding hydrogens is 456 g/mol. The number of carbonyl (C=O) groups is 3. The van der Waals surface area contributed by atoms with Gasteiger partial charge >= 0.3 is 0 Å². The molecule has 3 heterocycles. The number of carbonyl (C=O) groups excluding carboxylic acids is 3. The van der Waals surface area contributed by atoms with Gasteiger partial charge in [0.15, 0.2) is 0 Å². The lowest BCUT2D eigenvalue weighted by atomic mass is 9.91. The fourth-order valence-electron chi connectivity index (χ4n) is 4.70. The van der Waals surface area contributed by atoms with Crippen LogP contribution in [0, 0.1) is 11.3 Å². The lowest BCUT2D eigenvalue weighted by Gasteiger charge is -2.35. The van der Waals surface area contributed by atoms with Crippen LogP contribution in [0.5, 0.6) is 0 Å². The van der Waals surface area contributed by atoms with Crippen molar-refractivity contribution in [1.82, 2.24) is 19.8 Å². The van der Waals surface area contributed by atoms with Gasteiger partial charge in [-0.15, -0.1) is 0 Å². The topological polar surface area (TPSA) is 98.7 Å². The molecule has 36 heavy (non-hydrogen) atoms. The first-order chi connectivity index (χ1) is 17.2. The number of piperazine rings is 1. The molecule has 1 N–H and O–H groups in total. The molecule has 0 saturated carbocycles. The van der Waals surface area contributed by atoms with Crippen LogP contribution in [-0.4, -0.2) is 76.8 Å². The Hall–Kier alpha value is -3.49. The molecule has 2 saturated heterocycles. The number of likely N-dealkylation sites (tertiary alicyclic amines) is 1. The summed E-state index contributed by atoms with van der Waals surface area (Å²) in [6, 6.07) is 9.24. The van der Waals surface area contributed by atoms with Crippen molar-refractivity contribution < 1.29 is 14.4 Å². The molecule has 2 aliphatic rings. The summed E-state index contributed by atoms with van der Waals surface area (Å²) < 4.78 is 0. The smallest absolute Gasteiger partial charge is 0.229 e. The molecule has 0 spiro atoms. The number of rotatable bonds is 5. The van der Waals surface area contributed by atoms with E-state index in [1.807, 2.05) is 54.8 Å². The lowest BCUT2D eigenvalue weighted by Crippen LogP contribution is -2.49. The number of hydrogen-bond donors (Lipinski definition) is 1. The molecule has 0 bridgehead atoms. The Kier molecular flexibility index (Phi) is 7.86. The van der Waals surface area contributed by atoms with Gasteiger partial charge in [-0.25, -0.2) is 9.97 Å². The second-order valence-electron chi connectivity index (χ2n) is 10.6. The van der Waals surface area contributed by atoms with Crippen LogP contribution >= 0.6 is 0 Å². The van der Waals surface area contributed by atoms with Gasteiger partial charge in [-0.3, -0.25) is 14.4 Å². The summed E-state index contributed by atoms with van der Waals surface area (Å²) in [6.45, 7) is 9.58. The van der Waals surface area contributed by atoms with Crippen LogP contribution in [0.3, 0.4) is 0 Å². The molecule has 2 aromatic rings. The number of anilines is 2. The van der Waals surface area contributed by atoms with Crippen molar-refractivity contribution in [3.63, 3.8) is 0 Å². The zero-order valence-electron chi connectivity index (χ0n) is 21.4. The van der Waals surface area contributed by atoms with E-state index in [0.29, 0.717) is 57.3 Å². The highest BCUT2D eigenvalue weighted by Crippen LogP contribution is 2.24. The number of nitrogens with zero attached hydrogens (tertiary/aromatic N) is 5. The highest BCUT2D eigenvalue weighted by Gasteiger charge is 2.33. The quantitative estimate of drug-likeness (QED) is 0.689. The van der Waals surface area contributed by atoms with E-state index >= 15 is 0 Å². The van der Waals surface area contributed by atoms with E-state index in [9.17, 15) is 14.4 Å². The zero-order chi connectivity index (χ0) is 25.7. The highest BCUT2D eigenvalue weighted by atomic mass is 16.2. The van der Waals surface area contributed by atoms with Gasteiger partial charge in [0.1, 0.15) is 0 Å². The summed E-state index contributed by atoms with van der Waals surface area (Å²) in [4.78, 5) is 52.6. The van der Waals surface area contributed by atoms with Crippen molar-refractivity contribution in [3.8, 4) is 0 Å². The molecule has 2 fully saturated rings. The van der Waals surface area contributed by atoms with Crippen molar-refractivity contribution in [2.45, 2.75) is 40.0 Å². The van der Waals surface area contributed by atoms with Crippen LogP contribution in [0.4, 0.5) is 11.6 Å². The van der Waals surface area contributed by atoms with Gasteiger partial charge in [0.25, 0.3) is 0 Å². The molecule has 2 aliphatic heterocycles. The van der Waals surface area contributed by atoms with Gasteiger partial charge in [0, 0.05) is 62.8 Å². The first-order valence-electron chi connectivity index (χ1n) is 12.7. The molecule has 9 nitrogen and oxygen atoms in total. The van der Waals surface area contributed by atoms with E-state index in [-0.39, 0.29) is 23.6 Å². The van der Waals surface area contributed by atoms with Crippen molar-refractivity contribution in [3.05, 3.63) is 48.3 Å². The summed E-state index contributed by atoms with van der Waals surface area (Å²) in [7, 11) is 0. The monoisotopic (exact) mass is 492 g/mol. The average molecular weight is 493 g/mol. The number of aromatic nitrogens is 2. The van der Waals surface area contributed by atoms with Gasteiger partial charge < -0.3 is 20.0 Å². The third-order valence-corrected chi connectivity index (χ3v) is 6.77. The van der Waals surface area contributed by atoms with Crippen molar-refractivity contribution in [2.24, 2.45) is 11.3 Å². The highest BCUT2D eigenvalue weighted by molar-refractivity contribution is 5.93. The second kappa shape index (κ2) is 11.1. The van der Waals surface area contributed by atoms with Crippen LogP contribution in [0.15, 0.2) is 42.7 Å². The minimum atomic E-state index is -0.449. The van der Waals surface area contributed by atoms with Crippen LogP contribution < -0.4 is 10.2 Å². The average Bonchev–Trinajstić information content (AvgIpc) is 2.89. The van der Waals surface area contributed by atoms with E-state index in [4.69, 9.17) is 0 Å². The molecule has 0 radical (unpaired) electrons. The molecule has 192 valence electrons. The van der Waals surface area contributed by atoms with Crippen LogP contribution in [-0.2, 0) is 20.8 Å². The summed E-state index contributed by atoms with van der Waals surface area (Å²) in [5.74, 6) is 0.593. The summed E-state index contributed by atoms with van der Waals surface area (Å²) in [5.41, 5.74) is 1.16. The molecule has 9 heteroatoms. The van der Waals surface area contributed by atoms with E-state index in [1.54, 1.807) is 18.5 Å². The van der Waals surface area contributed by atoms with Crippen molar-refractivity contribution in [1.29, 1.82) is 0 Å². The Labute approximate surface area is 212 Å². The van der Waals surface area contributed by atoms with Crippen molar-refractivity contribution in [2.75, 3.05) is 49.5 Å². The first-order valence-corrected chi connectivity index (χ1v) is 12.7. The van der Waals surface area contributed by atoms with Gasteiger partial charge in [0.2, 0.25) is 23.7 Å². The Morgan fingerprint density at radius 2 is 1.61 bits per heavy atom. The fraction of sp³-hybridized carbons (Fsp3) is 0.519. The van der Waals surface area contributed by atoms with Gasteiger partial charge in [-0.1, -0.05) is 32.9 Å². The van der Waals surface area contributed by atoms with Crippen LogP contribution in [0.1, 0.15) is 39.2 Å². The van der Waals surface area contributed by atoms with Gasteiger partial charge in [-0.05, 0) is 36.6 Å². The van der Waals surface area contributed by atoms with E-state index in [2.05, 4.69) is 20.2 Å². The standard InChI is InChI=1S/C27H36N6O3/c1-27(2,3)25(36)33-13-4-6-21(19-33)24(35)30-22-9-7-20(8-10-22)18-23(34)31-14-16-32(17-15-31)26-28-11-5-12-29-26/h5,7-12,21H,4,6,13-19H2,1-3H3,(H,30,35). The maximum Gasteiger partial charge on any atom is 0.229 e. The Morgan fingerprint density at radius 1 is 0.944 bits per heavy atom. The molecule has 3 amide bonds. The number of hydrogen-bond acceptors (Lipinski definition) is 6. The normalized spacial score (nSPS) is 18.6. The lowest BCUT2D eigenvalue weighted by molar-refractivity contribution is -0.142. The predicted octanol–water partition coefficient (Wildman–Crippen LogP) is 2.59. The molecule has 1 aromatic carbocycles. The fourth-order valence-corrected chi connectivity index (χ4v) is 4.70. The minimum Gasteiger partial charge on any atom is -0.341 e. The predicted molar refractivity (Wildman–Crippen MR) is 138 cm³/mol. The Balaban J connectivity index is 1.25. The van der Waals surface area contributed by atoms with E-state index in [1.165, 1.54) is 0 Å². The maximum atomic E-state index is 12.9. The van der Waals surface area contributed by atoms with Crippen molar-refractivity contribution >= 4 is 29.4 Å². The second-order valence-corrected chi connectivity index (χ2v) is 10.6. The SMILES string of the molecule is CC(C)(C)C(=O)N1CCCC(C(=O)Nc2ccc(CC(=O)N3CCN(c4ncccn4)CC3)cc2)C1. The van der Waals surface area contributed by atoms with Crippen LogP contribution in [0.25, 0.3) is 0 Å². The van der Waals surface area contributed by atoms with Crippen LogP contribution in [0.2, 0.25) is 0 Å². The molecular formula is C27H36N6O3. The third kappa shape index (κ3) is 6.38.